The fraction of sp³-hybridized carbons (Fsp3) is 0.364. The summed E-state index contributed by atoms with van der Waals surface area (Å²) in [6, 6.07) is 25.8. The minimum atomic E-state index is -0.985. The summed E-state index contributed by atoms with van der Waals surface area (Å²) in [6.45, 7) is 2.82. The Morgan fingerprint density at radius 2 is 1.46 bits per heavy atom. The maximum atomic E-state index is 13.3. The van der Waals surface area contributed by atoms with E-state index in [1.54, 1.807) is 0 Å². The number of likely N-dealkylation sites (tertiary alicyclic amines) is 2. The zero-order valence-corrected chi connectivity index (χ0v) is 23.0. The average molecular weight is 554 g/mol. The molecular weight excluding hydrogens is 518 g/mol. The minimum absolute atomic E-state index is 0.0557. The van der Waals surface area contributed by atoms with E-state index in [-0.39, 0.29) is 24.9 Å². The molecule has 0 saturated carbocycles. The number of ether oxygens (including phenoxy) is 1. The Hall–Kier alpha value is -4.17. The van der Waals surface area contributed by atoms with Crippen LogP contribution >= 0.6 is 0 Å². The van der Waals surface area contributed by atoms with E-state index in [1.807, 2.05) is 42.5 Å². The number of piperidine rings is 1. The van der Waals surface area contributed by atoms with Crippen LogP contribution in [0.4, 0.5) is 4.79 Å². The van der Waals surface area contributed by atoms with Crippen LogP contribution in [-0.2, 0) is 20.9 Å². The number of alkyl carbamates (subject to hydrolysis) is 1. The molecule has 8 nitrogen and oxygen atoms in total. The molecule has 1 atom stereocenters. The summed E-state index contributed by atoms with van der Waals surface area (Å²) in [4.78, 5) is 41.9. The van der Waals surface area contributed by atoms with E-state index in [0.29, 0.717) is 38.9 Å². The van der Waals surface area contributed by atoms with Gasteiger partial charge in [0.2, 0.25) is 5.91 Å². The van der Waals surface area contributed by atoms with Gasteiger partial charge in [-0.15, -0.1) is 0 Å². The molecule has 3 aromatic rings. The molecule has 0 aromatic heterocycles. The van der Waals surface area contributed by atoms with Crippen molar-refractivity contribution in [2.45, 2.75) is 49.7 Å². The largest absolute Gasteiger partial charge is 0.480 e. The highest BCUT2D eigenvalue weighted by Crippen LogP contribution is 2.44. The predicted octanol–water partition coefficient (Wildman–Crippen LogP) is 4.64. The van der Waals surface area contributed by atoms with Crippen molar-refractivity contribution >= 4 is 18.0 Å². The Bertz CT molecular complexity index is 1390. The SMILES string of the molecule is O=C(NC1(CC(=O)N2CCC2C(=O)O)CCN(Cc2ccccc2)CC1)OCC1c2ccccc2-c2ccccc21. The van der Waals surface area contributed by atoms with E-state index in [4.69, 9.17) is 4.74 Å². The second-order valence-electron chi connectivity index (χ2n) is 11.4. The van der Waals surface area contributed by atoms with Crippen LogP contribution in [0.3, 0.4) is 0 Å². The van der Waals surface area contributed by atoms with Crippen LogP contribution in [-0.4, -0.2) is 70.7 Å². The first-order chi connectivity index (χ1) is 19.9. The highest BCUT2D eigenvalue weighted by atomic mass is 16.5. The van der Waals surface area contributed by atoms with E-state index in [9.17, 15) is 19.5 Å². The van der Waals surface area contributed by atoms with Crippen molar-refractivity contribution in [2.24, 2.45) is 0 Å². The monoisotopic (exact) mass is 553 g/mol. The topological polar surface area (TPSA) is 99.2 Å². The number of amides is 2. The van der Waals surface area contributed by atoms with Gasteiger partial charge in [0.15, 0.2) is 0 Å². The first kappa shape index (κ1) is 27.0. The quantitative estimate of drug-likeness (QED) is 0.422. The Morgan fingerprint density at radius 3 is 2.05 bits per heavy atom. The van der Waals surface area contributed by atoms with Crippen molar-refractivity contribution in [1.82, 2.24) is 15.1 Å². The molecule has 2 amide bonds. The second kappa shape index (κ2) is 11.4. The molecule has 8 heteroatoms. The van der Waals surface area contributed by atoms with Crippen LogP contribution in [0.25, 0.3) is 11.1 Å². The number of carbonyl (C=O) groups excluding carboxylic acids is 2. The van der Waals surface area contributed by atoms with Crippen molar-refractivity contribution in [3.05, 3.63) is 95.6 Å². The average Bonchev–Trinajstić information content (AvgIpc) is 3.26. The fourth-order valence-electron chi connectivity index (χ4n) is 6.51. The Morgan fingerprint density at radius 1 is 0.854 bits per heavy atom. The molecule has 1 unspecified atom stereocenters. The Balaban J connectivity index is 1.14. The van der Waals surface area contributed by atoms with Crippen LogP contribution in [0.2, 0.25) is 0 Å². The van der Waals surface area contributed by atoms with Gasteiger partial charge >= 0.3 is 12.1 Å². The zero-order valence-electron chi connectivity index (χ0n) is 23.0. The van der Waals surface area contributed by atoms with Crippen molar-refractivity contribution in [3.8, 4) is 11.1 Å². The summed E-state index contributed by atoms with van der Waals surface area (Å²) in [5.41, 5.74) is 5.01. The molecular formula is C33H35N3O5. The third-order valence-electron chi connectivity index (χ3n) is 8.89. The van der Waals surface area contributed by atoms with Gasteiger partial charge in [-0.05, 0) is 47.1 Å². The fourth-order valence-corrected chi connectivity index (χ4v) is 6.51. The number of carbonyl (C=O) groups is 3. The summed E-state index contributed by atoms with van der Waals surface area (Å²) in [6.07, 6.45) is 1.11. The molecule has 2 N–H and O–H groups in total. The highest BCUT2D eigenvalue weighted by molar-refractivity contribution is 5.86. The molecule has 0 spiro atoms. The lowest BCUT2D eigenvalue weighted by Crippen LogP contribution is -2.61. The van der Waals surface area contributed by atoms with Crippen molar-refractivity contribution < 1.29 is 24.2 Å². The maximum Gasteiger partial charge on any atom is 0.407 e. The summed E-state index contributed by atoms with van der Waals surface area (Å²) < 4.78 is 5.85. The molecule has 41 heavy (non-hydrogen) atoms. The lowest BCUT2D eigenvalue weighted by molar-refractivity contribution is -0.158. The number of fused-ring (bicyclic) bond motifs is 3. The molecule has 212 valence electrons. The normalized spacial score (nSPS) is 19.5. The number of carboxylic acids is 1. The number of nitrogens with one attached hydrogen (secondary N) is 1. The summed E-state index contributed by atoms with van der Waals surface area (Å²) in [5, 5.41) is 12.5. The summed E-state index contributed by atoms with van der Waals surface area (Å²) >= 11 is 0. The van der Waals surface area contributed by atoms with E-state index < -0.39 is 23.6 Å². The number of carboxylic acid groups (broad SMARTS) is 1. The van der Waals surface area contributed by atoms with Crippen LogP contribution in [0.1, 0.15) is 48.3 Å². The number of rotatable bonds is 8. The minimum Gasteiger partial charge on any atom is -0.480 e. The second-order valence-corrected chi connectivity index (χ2v) is 11.4. The van der Waals surface area contributed by atoms with Gasteiger partial charge in [0.25, 0.3) is 0 Å². The Kier molecular flexibility index (Phi) is 7.49. The van der Waals surface area contributed by atoms with Crippen molar-refractivity contribution in [2.75, 3.05) is 26.2 Å². The molecule has 2 heterocycles. The van der Waals surface area contributed by atoms with Gasteiger partial charge in [0, 0.05) is 32.1 Å². The van der Waals surface area contributed by atoms with E-state index in [0.717, 1.165) is 28.8 Å². The van der Waals surface area contributed by atoms with Gasteiger partial charge in [-0.25, -0.2) is 9.59 Å². The van der Waals surface area contributed by atoms with Gasteiger partial charge in [0.05, 0.1) is 12.0 Å². The number of nitrogens with zero attached hydrogens (tertiary/aromatic N) is 2. The first-order valence-electron chi connectivity index (χ1n) is 14.3. The third kappa shape index (κ3) is 5.57. The third-order valence-corrected chi connectivity index (χ3v) is 8.89. The van der Waals surface area contributed by atoms with Gasteiger partial charge in [-0.1, -0.05) is 78.9 Å². The summed E-state index contributed by atoms with van der Waals surface area (Å²) in [7, 11) is 0. The molecule has 0 bridgehead atoms. The van der Waals surface area contributed by atoms with Crippen LogP contribution < -0.4 is 5.32 Å². The van der Waals surface area contributed by atoms with E-state index >= 15 is 0 Å². The number of aliphatic carboxylic acids is 1. The molecule has 3 aliphatic rings. The smallest absolute Gasteiger partial charge is 0.407 e. The van der Waals surface area contributed by atoms with Gasteiger partial charge in [-0.3, -0.25) is 9.69 Å². The molecule has 6 rings (SSSR count). The predicted molar refractivity (Wildman–Crippen MR) is 154 cm³/mol. The number of hydrogen-bond acceptors (Lipinski definition) is 5. The lowest BCUT2D eigenvalue weighted by Gasteiger charge is -2.45. The molecule has 1 aliphatic carbocycles. The van der Waals surface area contributed by atoms with Crippen LogP contribution in [0.15, 0.2) is 78.9 Å². The molecule has 3 aromatic carbocycles. The highest BCUT2D eigenvalue weighted by Gasteiger charge is 2.44. The Labute approximate surface area is 239 Å². The first-order valence-corrected chi connectivity index (χ1v) is 14.3. The molecule has 0 radical (unpaired) electrons. The van der Waals surface area contributed by atoms with Gasteiger partial charge in [-0.2, -0.15) is 0 Å². The van der Waals surface area contributed by atoms with Crippen LogP contribution in [0, 0.1) is 0 Å². The van der Waals surface area contributed by atoms with Gasteiger partial charge in [0.1, 0.15) is 12.6 Å². The number of hydrogen-bond donors (Lipinski definition) is 2. The maximum absolute atomic E-state index is 13.3. The number of benzene rings is 3. The molecule has 2 saturated heterocycles. The zero-order chi connectivity index (χ0) is 28.4. The van der Waals surface area contributed by atoms with Crippen LogP contribution in [0.5, 0.6) is 0 Å². The molecule has 2 fully saturated rings. The van der Waals surface area contributed by atoms with Crippen molar-refractivity contribution in [3.63, 3.8) is 0 Å². The van der Waals surface area contributed by atoms with E-state index in [1.165, 1.54) is 10.5 Å². The lowest BCUT2D eigenvalue weighted by atomic mass is 9.83. The van der Waals surface area contributed by atoms with E-state index in [2.05, 4.69) is 46.6 Å². The molecule has 2 aliphatic heterocycles. The standard InChI is InChI=1S/C33H35N3O5/c37-30(36-17-14-29(36)31(38)39)20-33(15-18-35(19-16-33)21-23-8-2-1-3-9-23)34-32(40)41-22-28-26-12-6-4-10-24(26)25-11-5-7-13-27(25)28/h1-13,28-29H,14-22H2,(H,34,40)(H,38,39). The van der Waals surface area contributed by atoms with Gasteiger partial charge < -0.3 is 20.1 Å². The summed E-state index contributed by atoms with van der Waals surface area (Å²) in [5.74, 6) is -1.28. The van der Waals surface area contributed by atoms with Crippen molar-refractivity contribution in [1.29, 1.82) is 0 Å².